The van der Waals surface area contributed by atoms with Crippen LogP contribution in [0.3, 0.4) is 0 Å². The molecule has 1 fully saturated rings. The van der Waals surface area contributed by atoms with Gasteiger partial charge in [0.05, 0.1) is 17.1 Å². The van der Waals surface area contributed by atoms with Gasteiger partial charge in [-0.1, -0.05) is 48.7 Å². The third-order valence-electron chi connectivity index (χ3n) is 7.05. The third-order valence-corrected chi connectivity index (χ3v) is 7.05. The van der Waals surface area contributed by atoms with E-state index in [1.54, 1.807) is 12.3 Å². The van der Waals surface area contributed by atoms with Gasteiger partial charge in [0, 0.05) is 30.8 Å². The molecular formula is C29H30FN3O3. The monoisotopic (exact) mass is 487 g/mol. The van der Waals surface area contributed by atoms with Crippen molar-refractivity contribution in [3.8, 4) is 5.75 Å². The molecule has 4 aromatic rings. The number of carbonyl (C=O) groups is 1. The molecule has 0 unspecified atom stereocenters. The summed E-state index contributed by atoms with van der Waals surface area (Å²) in [6, 6.07) is 15.2. The molecule has 2 atom stereocenters. The lowest BCUT2D eigenvalue weighted by Crippen LogP contribution is -2.27. The van der Waals surface area contributed by atoms with Crippen LogP contribution in [0.4, 0.5) is 4.39 Å². The highest BCUT2D eigenvalue weighted by Gasteiger charge is 2.35. The number of benzene rings is 2. The highest BCUT2D eigenvalue weighted by molar-refractivity contribution is 5.79. The Morgan fingerprint density at radius 1 is 1.08 bits per heavy atom. The average Bonchev–Trinajstić information content (AvgIpc) is 3.23. The maximum absolute atomic E-state index is 15.3. The second kappa shape index (κ2) is 10.1. The molecule has 1 saturated carbocycles. The predicted molar refractivity (Wildman–Crippen MR) is 136 cm³/mol. The molecule has 0 aliphatic heterocycles. The fourth-order valence-electron chi connectivity index (χ4n) is 5.06. The summed E-state index contributed by atoms with van der Waals surface area (Å²) in [5.74, 6) is -1.07. The van der Waals surface area contributed by atoms with Crippen molar-refractivity contribution in [2.75, 3.05) is 0 Å². The van der Waals surface area contributed by atoms with Gasteiger partial charge in [-0.3, -0.25) is 9.78 Å². The zero-order valence-corrected chi connectivity index (χ0v) is 20.6. The van der Waals surface area contributed by atoms with E-state index in [-0.39, 0.29) is 18.0 Å². The first-order valence-electron chi connectivity index (χ1n) is 12.4. The SMILES string of the molecule is Cc1ccc(Cn2c([C@H]3CCCC[C@@H]3C(=O)O)nc3c(F)cc(OCc4ccc(C)cn4)cc32)cc1. The first-order valence-corrected chi connectivity index (χ1v) is 12.4. The number of rotatable bonds is 7. The summed E-state index contributed by atoms with van der Waals surface area (Å²) in [5, 5.41) is 9.91. The molecule has 0 spiro atoms. The minimum absolute atomic E-state index is 0.216. The molecule has 1 aliphatic carbocycles. The normalized spacial score (nSPS) is 17.9. The molecule has 7 heteroatoms. The zero-order chi connectivity index (χ0) is 25.2. The van der Waals surface area contributed by atoms with Gasteiger partial charge in [0.15, 0.2) is 5.82 Å². The van der Waals surface area contributed by atoms with Gasteiger partial charge >= 0.3 is 5.97 Å². The lowest BCUT2D eigenvalue weighted by atomic mass is 9.78. The van der Waals surface area contributed by atoms with E-state index in [4.69, 9.17) is 9.72 Å². The van der Waals surface area contributed by atoms with Crippen LogP contribution >= 0.6 is 0 Å². The number of pyridine rings is 1. The maximum atomic E-state index is 15.3. The number of nitrogens with zero attached hydrogens (tertiary/aromatic N) is 3. The first-order chi connectivity index (χ1) is 17.4. The highest BCUT2D eigenvalue weighted by atomic mass is 19.1. The van der Waals surface area contributed by atoms with Gasteiger partial charge in [-0.2, -0.15) is 0 Å². The number of hydrogen-bond donors (Lipinski definition) is 1. The van der Waals surface area contributed by atoms with Crippen LogP contribution in [0.5, 0.6) is 5.75 Å². The van der Waals surface area contributed by atoms with Gasteiger partial charge in [-0.05, 0) is 43.9 Å². The topological polar surface area (TPSA) is 77.2 Å². The van der Waals surface area contributed by atoms with Crippen LogP contribution in [0.15, 0.2) is 54.7 Å². The average molecular weight is 488 g/mol. The Morgan fingerprint density at radius 3 is 2.56 bits per heavy atom. The lowest BCUT2D eigenvalue weighted by Gasteiger charge is -2.28. The van der Waals surface area contributed by atoms with Gasteiger partial charge in [0.25, 0.3) is 0 Å². The predicted octanol–water partition coefficient (Wildman–Crippen LogP) is 6.17. The van der Waals surface area contributed by atoms with Crippen molar-refractivity contribution < 1.29 is 19.0 Å². The number of aliphatic carboxylic acids is 1. The quantitative estimate of drug-likeness (QED) is 0.337. The summed E-state index contributed by atoms with van der Waals surface area (Å²) in [5.41, 5.74) is 4.85. The summed E-state index contributed by atoms with van der Waals surface area (Å²) in [6.45, 7) is 4.68. The van der Waals surface area contributed by atoms with Gasteiger partial charge in [-0.25, -0.2) is 9.37 Å². The van der Waals surface area contributed by atoms with Crippen molar-refractivity contribution in [2.45, 2.75) is 58.6 Å². The Morgan fingerprint density at radius 2 is 1.83 bits per heavy atom. The molecular weight excluding hydrogens is 457 g/mol. The van der Waals surface area contributed by atoms with Crippen LogP contribution in [0.25, 0.3) is 11.0 Å². The molecule has 1 N–H and O–H groups in total. The van der Waals surface area contributed by atoms with Crippen molar-refractivity contribution in [1.82, 2.24) is 14.5 Å². The van der Waals surface area contributed by atoms with Crippen molar-refractivity contribution in [2.24, 2.45) is 5.92 Å². The van der Waals surface area contributed by atoms with E-state index in [9.17, 15) is 9.90 Å². The van der Waals surface area contributed by atoms with Crippen LogP contribution in [0.2, 0.25) is 0 Å². The largest absolute Gasteiger partial charge is 0.487 e. The number of halogens is 1. The Balaban J connectivity index is 1.57. The summed E-state index contributed by atoms with van der Waals surface area (Å²) in [6.07, 6.45) is 4.91. The minimum Gasteiger partial charge on any atom is -0.487 e. The number of ether oxygens (including phenoxy) is 1. The Hall–Kier alpha value is -3.74. The van der Waals surface area contributed by atoms with E-state index < -0.39 is 17.7 Å². The summed E-state index contributed by atoms with van der Waals surface area (Å²) in [4.78, 5) is 21.2. The van der Waals surface area contributed by atoms with Gasteiger partial charge in [-0.15, -0.1) is 0 Å². The fraction of sp³-hybridized carbons (Fsp3) is 0.345. The van der Waals surface area contributed by atoms with Crippen LogP contribution in [0, 0.1) is 25.6 Å². The number of aromatic nitrogens is 3. The third kappa shape index (κ3) is 4.96. The van der Waals surface area contributed by atoms with Crippen molar-refractivity contribution in [3.63, 3.8) is 0 Å². The Bertz CT molecular complexity index is 1380. The van der Waals surface area contributed by atoms with Crippen molar-refractivity contribution in [1.29, 1.82) is 0 Å². The molecule has 6 nitrogen and oxygen atoms in total. The van der Waals surface area contributed by atoms with Crippen LogP contribution in [-0.4, -0.2) is 25.6 Å². The maximum Gasteiger partial charge on any atom is 0.307 e. The molecule has 2 aromatic heterocycles. The van der Waals surface area contributed by atoms with E-state index in [1.165, 1.54) is 6.07 Å². The number of carboxylic acid groups (broad SMARTS) is 1. The molecule has 0 amide bonds. The van der Waals surface area contributed by atoms with Crippen LogP contribution in [-0.2, 0) is 17.9 Å². The Labute approximate surface area is 209 Å². The molecule has 5 rings (SSSR count). The molecule has 2 aromatic carbocycles. The lowest BCUT2D eigenvalue weighted by molar-refractivity contribution is -0.143. The van der Waals surface area contributed by atoms with Gasteiger partial charge < -0.3 is 14.4 Å². The van der Waals surface area contributed by atoms with Crippen LogP contribution < -0.4 is 4.74 Å². The summed E-state index contributed by atoms with van der Waals surface area (Å²) >= 11 is 0. The number of hydrogen-bond acceptors (Lipinski definition) is 4. The second-order valence-electron chi connectivity index (χ2n) is 9.77. The molecule has 186 valence electrons. The molecule has 36 heavy (non-hydrogen) atoms. The number of imidazole rings is 1. The van der Waals surface area contributed by atoms with Crippen molar-refractivity contribution in [3.05, 3.63) is 88.8 Å². The van der Waals surface area contributed by atoms with E-state index in [1.807, 2.05) is 54.8 Å². The number of carboxylic acids is 1. The molecule has 2 heterocycles. The van der Waals surface area contributed by atoms with Gasteiger partial charge in [0.2, 0.25) is 0 Å². The standard InChI is InChI=1S/C29H30FN3O3/c1-18-7-10-20(11-8-18)16-33-26-14-22(36-17-21-12-9-19(2)15-31-21)13-25(30)27(26)32-28(33)23-5-3-4-6-24(23)29(34)35/h7-15,23-24H,3-6,16-17H2,1-2H3,(H,34,35)/t23-,24-/m0/s1. The molecule has 1 aliphatic rings. The summed E-state index contributed by atoms with van der Waals surface area (Å²) in [7, 11) is 0. The molecule has 0 saturated heterocycles. The molecule has 0 bridgehead atoms. The van der Waals surface area contributed by atoms with E-state index in [0.717, 1.165) is 41.6 Å². The minimum atomic E-state index is -0.816. The second-order valence-corrected chi connectivity index (χ2v) is 9.77. The summed E-state index contributed by atoms with van der Waals surface area (Å²) < 4.78 is 23.2. The number of fused-ring (bicyclic) bond motifs is 1. The van der Waals surface area contributed by atoms with Gasteiger partial charge in [0.1, 0.15) is 23.7 Å². The van der Waals surface area contributed by atoms with E-state index in [0.29, 0.717) is 30.1 Å². The Kier molecular flexibility index (Phi) is 6.72. The molecule has 0 radical (unpaired) electrons. The first kappa shape index (κ1) is 24.0. The van der Waals surface area contributed by atoms with E-state index in [2.05, 4.69) is 4.98 Å². The van der Waals surface area contributed by atoms with Crippen molar-refractivity contribution >= 4 is 17.0 Å². The highest BCUT2D eigenvalue weighted by Crippen LogP contribution is 2.40. The van der Waals surface area contributed by atoms with E-state index >= 15 is 4.39 Å². The van der Waals surface area contributed by atoms with Crippen LogP contribution in [0.1, 0.15) is 59.8 Å². The smallest absolute Gasteiger partial charge is 0.307 e. The zero-order valence-electron chi connectivity index (χ0n) is 20.6. The number of aryl methyl sites for hydroxylation is 2. The fourth-order valence-corrected chi connectivity index (χ4v) is 5.06.